The number of hydrogen-bond acceptors (Lipinski definition) is 4. The van der Waals surface area contributed by atoms with Crippen molar-refractivity contribution in [2.24, 2.45) is 11.8 Å². The van der Waals surface area contributed by atoms with Crippen molar-refractivity contribution in [3.05, 3.63) is 53.9 Å². The number of aromatic amines is 1. The van der Waals surface area contributed by atoms with Gasteiger partial charge in [0, 0.05) is 61.4 Å². The summed E-state index contributed by atoms with van der Waals surface area (Å²) in [6.45, 7) is 3.16. The first kappa shape index (κ1) is 17.0. The summed E-state index contributed by atoms with van der Waals surface area (Å²) in [5, 5.41) is 4.20. The zero-order chi connectivity index (χ0) is 19.3. The van der Waals surface area contributed by atoms with Gasteiger partial charge in [0.2, 0.25) is 5.91 Å². The minimum absolute atomic E-state index is 0.141. The molecule has 1 aromatic carbocycles. The molecule has 144 valence electrons. The Morgan fingerprint density at radius 3 is 2.82 bits per heavy atom. The van der Waals surface area contributed by atoms with Crippen LogP contribution in [0.1, 0.15) is 28.4 Å². The fourth-order valence-electron chi connectivity index (χ4n) is 4.38. The van der Waals surface area contributed by atoms with Gasteiger partial charge < -0.3 is 19.6 Å². The zero-order valence-corrected chi connectivity index (χ0v) is 15.6. The number of aryl methyl sites for hydroxylation is 2. The number of nitrogens with one attached hydrogen (secondary N) is 2. The molecule has 2 aromatic heterocycles. The molecule has 5 rings (SSSR count). The lowest BCUT2D eigenvalue weighted by Crippen LogP contribution is -2.37. The first-order chi connectivity index (χ1) is 13.6. The highest BCUT2D eigenvalue weighted by molar-refractivity contribution is 5.92. The van der Waals surface area contributed by atoms with Crippen molar-refractivity contribution in [3.63, 3.8) is 0 Å². The molecule has 0 bridgehead atoms. The van der Waals surface area contributed by atoms with Gasteiger partial charge in [-0.2, -0.15) is 0 Å². The van der Waals surface area contributed by atoms with Gasteiger partial charge in [-0.05, 0) is 18.1 Å². The Kier molecular flexibility index (Phi) is 3.96. The van der Waals surface area contributed by atoms with Gasteiger partial charge in [-0.25, -0.2) is 4.98 Å². The zero-order valence-electron chi connectivity index (χ0n) is 15.6. The first-order valence-corrected chi connectivity index (χ1v) is 9.66. The molecule has 1 unspecified atom stereocenters. The van der Waals surface area contributed by atoms with Crippen LogP contribution in [0.25, 0.3) is 10.9 Å². The largest absolute Gasteiger partial charge is 0.448 e. The number of oxazole rings is 1. The Hall–Kier alpha value is -3.09. The van der Waals surface area contributed by atoms with Crippen LogP contribution < -0.4 is 5.32 Å². The summed E-state index contributed by atoms with van der Waals surface area (Å²) in [5.74, 6) is 1.18. The van der Waals surface area contributed by atoms with Gasteiger partial charge in [-0.3, -0.25) is 9.59 Å². The Morgan fingerprint density at radius 1 is 1.29 bits per heavy atom. The van der Waals surface area contributed by atoms with E-state index in [9.17, 15) is 9.59 Å². The molecule has 1 saturated heterocycles. The molecule has 28 heavy (non-hydrogen) atoms. The molecule has 2 aliphatic rings. The van der Waals surface area contributed by atoms with E-state index in [-0.39, 0.29) is 17.9 Å². The molecule has 3 atom stereocenters. The van der Waals surface area contributed by atoms with Crippen LogP contribution in [0.2, 0.25) is 0 Å². The molecular formula is C21H22N4O3. The fraction of sp³-hybridized carbons (Fsp3) is 0.381. The van der Waals surface area contributed by atoms with Gasteiger partial charge in [0.25, 0.3) is 5.91 Å². The van der Waals surface area contributed by atoms with Crippen molar-refractivity contribution >= 4 is 22.7 Å². The van der Waals surface area contributed by atoms with Gasteiger partial charge in [0.1, 0.15) is 6.26 Å². The maximum Gasteiger partial charge on any atom is 0.273 e. The average Bonchev–Trinajstić information content (AvgIpc) is 3.17. The van der Waals surface area contributed by atoms with Crippen LogP contribution in [0.4, 0.5) is 0 Å². The van der Waals surface area contributed by atoms with Crippen LogP contribution in [0, 0.1) is 18.8 Å². The van der Waals surface area contributed by atoms with Crippen molar-refractivity contribution in [2.45, 2.75) is 25.8 Å². The number of likely N-dealkylation sites (tertiary alicyclic amines) is 1. The lowest BCUT2D eigenvalue weighted by Gasteiger charge is -2.20. The van der Waals surface area contributed by atoms with Crippen molar-refractivity contribution in [2.75, 3.05) is 13.1 Å². The molecular weight excluding hydrogens is 356 g/mol. The van der Waals surface area contributed by atoms with E-state index in [0.29, 0.717) is 29.8 Å². The fourth-order valence-corrected chi connectivity index (χ4v) is 4.38. The highest BCUT2D eigenvalue weighted by Gasteiger charge is 2.57. The van der Waals surface area contributed by atoms with Crippen LogP contribution in [-0.2, 0) is 11.2 Å². The number of para-hydroxylation sites is 1. The Bertz CT molecular complexity index is 1040. The number of amides is 2. The summed E-state index contributed by atoms with van der Waals surface area (Å²) in [7, 11) is 0. The monoisotopic (exact) mass is 378 g/mol. The van der Waals surface area contributed by atoms with Crippen molar-refractivity contribution in [1.29, 1.82) is 0 Å². The number of H-pyrrole nitrogens is 1. The van der Waals surface area contributed by atoms with E-state index in [4.69, 9.17) is 4.42 Å². The number of aromatic nitrogens is 2. The van der Waals surface area contributed by atoms with Crippen LogP contribution in [0.3, 0.4) is 0 Å². The van der Waals surface area contributed by atoms with E-state index in [1.165, 1.54) is 17.2 Å². The number of rotatable bonds is 5. The number of hydrogen-bond donors (Lipinski definition) is 2. The molecule has 0 radical (unpaired) electrons. The molecule has 7 heteroatoms. The smallest absolute Gasteiger partial charge is 0.273 e. The van der Waals surface area contributed by atoms with E-state index in [0.717, 1.165) is 25.0 Å². The van der Waals surface area contributed by atoms with Crippen molar-refractivity contribution in [1.82, 2.24) is 20.2 Å². The second-order valence-electron chi connectivity index (χ2n) is 7.74. The van der Waals surface area contributed by atoms with E-state index >= 15 is 0 Å². The number of carbonyl (C=O) groups excluding carboxylic acids is 2. The molecule has 1 saturated carbocycles. The maximum absolute atomic E-state index is 12.6. The predicted octanol–water partition coefficient (Wildman–Crippen LogP) is 2.28. The minimum Gasteiger partial charge on any atom is -0.448 e. The lowest BCUT2D eigenvalue weighted by molar-refractivity contribution is -0.130. The summed E-state index contributed by atoms with van der Waals surface area (Å²) in [6, 6.07) is 8.29. The third-order valence-corrected chi connectivity index (χ3v) is 5.98. The van der Waals surface area contributed by atoms with Crippen LogP contribution in [0.15, 0.2) is 41.1 Å². The van der Waals surface area contributed by atoms with E-state index in [1.54, 1.807) is 6.92 Å². The summed E-state index contributed by atoms with van der Waals surface area (Å²) in [6.07, 6.45) is 4.62. The molecule has 2 N–H and O–H groups in total. The van der Waals surface area contributed by atoms with Crippen molar-refractivity contribution in [3.8, 4) is 0 Å². The van der Waals surface area contributed by atoms with Crippen LogP contribution in [0.5, 0.6) is 0 Å². The Balaban J connectivity index is 1.12. The average molecular weight is 378 g/mol. The van der Waals surface area contributed by atoms with E-state index in [2.05, 4.69) is 21.4 Å². The third-order valence-electron chi connectivity index (χ3n) is 5.98. The number of nitrogens with zero attached hydrogens (tertiary/aromatic N) is 2. The molecule has 3 heterocycles. The molecule has 2 amide bonds. The minimum atomic E-state index is -0.200. The van der Waals surface area contributed by atoms with Gasteiger partial charge in [-0.1, -0.05) is 18.2 Å². The van der Waals surface area contributed by atoms with Gasteiger partial charge >= 0.3 is 0 Å². The molecule has 1 aliphatic carbocycles. The summed E-state index contributed by atoms with van der Waals surface area (Å²) in [4.78, 5) is 34.0. The number of benzene rings is 1. The van der Waals surface area contributed by atoms with Crippen LogP contribution in [-0.4, -0.2) is 45.8 Å². The molecule has 7 nitrogen and oxygen atoms in total. The topological polar surface area (TPSA) is 91.2 Å². The molecule has 0 spiro atoms. The highest BCUT2D eigenvalue weighted by atomic mass is 16.3. The normalized spacial score (nSPS) is 23.0. The number of carbonyl (C=O) groups is 2. The number of piperidine rings is 1. The quantitative estimate of drug-likeness (QED) is 0.713. The second-order valence-corrected chi connectivity index (χ2v) is 7.74. The van der Waals surface area contributed by atoms with Gasteiger partial charge in [0.15, 0.2) is 11.6 Å². The summed E-state index contributed by atoms with van der Waals surface area (Å²) >= 11 is 0. The second kappa shape index (κ2) is 6.51. The van der Waals surface area contributed by atoms with E-state index in [1.807, 2.05) is 29.3 Å². The first-order valence-electron chi connectivity index (χ1n) is 9.66. The Morgan fingerprint density at radius 2 is 2.07 bits per heavy atom. The predicted molar refractivity (Wildman–Crippen MR) is 103 cm³/mol. The Labute approximate surface area is 162 Å². The summed E-state index contributed by atoms with van der Waals surface area (Å²) in [5.41, 5.74) is 2.60. The van der Waals surface area contributed by atoms with Gasteiger partial charge in [0.05, 0.1) is 0 Å². The van der Waals surface area contributed by atoms with Gasteiger partial charge in [-0.15, -0.1) is 0 Å². The molecule has 2 fully saturated rings. The maximum atomic E-state index is 12.6. The standard InChI is InChI=1S/C21H22N4O3/c1-12-23-18(11-28-12)21(27)24-20-15-9-25(10-16(15)20)19(26)7-6-13-8-22-17-5-3-2-4-14(13)17/h2-5,8,11,15-16,20,22H,6-7,9-10H2,1H3,(H,24,27)/t15-,16+,20?. The summed E-state index contributed by atoms with van der Waals surface area (Å²) < 4.78 is 5.09. The molecule has 3 aromatic rings. The SMILES string of the molecule is Cc1nc(C(=O)NC2[C@H]3CN(C(=O)CCc4c[nH]c5ccccc45)C[C@@H]23)co1. The third kappa shape index (κ3) is 2.96. The number of fused-ring (bicyclic) bond motifs is 2. The van der Waals surface area contributed by atoms with Crippen molar-refractivity contribution < 1.29 is 14.0 Å². The highest BCUT2D eigenvalue weighted by Crippen LogP contribution is 2.45. The molecule has 1 aliphatic heterocycles. The van der Waals surface area contributed by atoms with E-state index < -0.39 is 0 Å². The van der Waals surface area contributed by atoms with Crippen LogP contribution >= 0.6 is 0 Å². The lowest BCUT2D eigenvalue weighted by atomic mass is 10.1.